The lowest BCUT2D eigenvalue weighted by Crippen LogP contribution is -2.25. The molecule has 2 N–H and O–H groups in total. The number of rotatable bonds is 6. The van der Waals surface area contributed by atoms with E-state index in [0.29, 0.717) is 16.9 Å². The number of ether oxygens (including phenoxy) is 1. The van der Waals surface area contributed by atoms with Crippen LogP contribution in [-0.2, 0) is 16.2 Å². The van der Waals surface area contributed by atoms with Gasteiger partial charge in [0.2, 0.25) is 10.0 Å². The van der Waals surface area contributed by atoms with Crippen molar-refractivity contribution in [1.29, 1.82) is 0 Å². The van der Waals surface area contributed by atoms with E-state index in [0.717, 1.165) is 12.1 Å². The van der Waals surface area contributed by atoms with Crippen molar-refractivity contribution in [3.05, 3.63) is 53.6 Å². The van der Waals surface area contributed by atoms with Gasteiger partial charge in [0.05, 0.1) is 18.4 Å². The minimum absolute atomic E-state index is 0.250. The molecule has 0 bridgehead atoms. The van der Waals surface area contributed by atoms with Gasteiger partial charge in [0, 0.05) is 11.5 Å². The SMILES string of the molecule is COc1ccccc1-c1ccc(C(F)(F)F)cc1C(CS(N)(=O)=O)C(C)C. The molecule has 0 amide bonds. The van der Waals surface area contributed by atoms with Gasteiger partial charge in [-0.3, -0.25) is 0 Å². The maximum atomic E-state index is 13.3. The lowest BCUT2D eigenvalue weighted by Gasteiger charge is -2.25. The molecular formula is C19H22F3NO3S. The lowest BCUT2D eigenvalue weighted by molar-refractivity contribution is -0.137. The number of sulfonamides is 1. The number of benzene rings is 2. The molecule has 0 aliphatic carbocycles. The van der Waals surface area contributed by atoms with Crippen molar-refractivity contribution < 1.29 is 26.3 Å². The first-order valence-electron chi connectivity index (χ1n) is 8.29. The second-order valence-electron chi connectivity index (χ2n) is 6.68. The van der Waals surface area contributed by atoms with Gasteiger partial charge in [-0.05, 0) is 35.2 Å². The van der Waals surface area contributed by atoms with Crippen molar-refractivity contribution in [3.63, 3.8) is 0 Å². The highest BCUT2D eigenvalue weighted by atomic mass is 32.2. The predicted octanol–water partition coefficient (Wildman–Crippen LogP) is 4.41. The summed E-state index contributed by atoms with van der Waals surface area (Å²) in [5.41, 5.74) is 0.515. The smallest absolute Gasteiger partial charge is 0.416 e. The quantitative estimate of drug-likeness (QED) is 0.780. The van der Waals surface area contributed by atoms with Gasteiger partial charge < -0.3 is 4.74 Å². The topological polar surface area (TPSA) is 69.4 Å². The maximum Gasteiger partial charge on any atom is 0.416 e. The van der Waals surface area contributed by atoms with Gasteiger partial charge in [0.15, 0.2) is 0 Å². The second kappa shape index (κ2) is 7.90. The Bertz CT molecular complexity index is 909. The van der Waals surface area contributed by atoms with Crippen LogP contribution < -0.4 is 9.88 Å². The van der Waals surface area contributed by atoms with E-state index in [-0.39, 0.29) is 11.5 Å². The zero-order valence-electron chi connectivity index (χ0n) is 15.2. The Morgan fingerprint density at radius 3 is 2.22 bits per heavy atom. The van der Waals surface area contributed by atoms with E-state index >= 15 is 0 Å². The van der Waals surface area contributed by atoms with Crippen LogP contribution in [0.3, 0.4) is 0 Å². The molecule has 1 unspecified atom stereocenters. The third kappa shape index (κ3) is 5.23. The van der Waals surface area contributed by atoms with Gasteiger partial charge in [-0.2, -0.15) is 13.2 Å². The number of para-hydroxylation sites is 1. The van der Waals surface area contributed by atoms with Crippen molar-refractivity contribution in [2.75, 3.05) is 12.9 Å². The summed E-state index contributed by atoms with van der Waals surface area (Å²) in [6.45, 7) is 3.50. The Balaban J connectivity index is 2.77. The Labute approximate surface area is 157 Å². The van der Waals surface area contributed by atoms with Crippen molar-refractivity contribution in [2.24, 2.45) is 11.1 Å². The largest absolute Gasteiger partial charge is 0.496 e. The monoisotopic (exact) mass is 401 g/mol. The van der Waals surface area contributed by atoms with Gasteiger partial charge in [-0.15, -0.1) is 0 Å². The zero-order valence-corrected chi connectivity index (χ0v) is 16.1. The molecule has 27 heavy (non-hydrogen) atoms. The highest BCUT2D eigenvalue weighted by molar-refractivity contribution is 7.89. The van der Waals surface area contributed by atoms with Crippen LogP contribution >= 0.6 is 0 Å². The normalized spacial score (nSPS) is 13.6. The summed E-state index contributed by atoms with van der Waals surface area (Å²) >= 11 is 0. The van der Waals surface area contributed by atoms with E-state index in [2.05, 4.69) is 0 Å². The van der Waals surface area contributed by atoms with Crippen molar-refractivity contribution in [2.45, 2.75) is 25.9 Å². The summed E-state index contributed by atoms with van der Waals surface area (Å²) < 4.78 is 68.6. The third-order valence-electron chi connectivity index (χ3n) is 4.39. The van der Waals surface area contributed by atoms with E-state index < -0.39 is 33.4 Å². The molecule has 0 saturated carbocycles. The Kier molecular flexibility index (Phi) is 6.21. The number of alkyl halides is 3. The van der Waals surface area contributed by atoms with Crippen LogP contribution in [0.25, 0.3) is 11.1 Å². The fourth-order valence-electron chi connectivity index (χ4n) is 3.05. The van der Waals surface area contributed by atoms with Gasteiger partial charge in [-0.1, -0.05) is 38.1 Å². The molecule has 0 radical (unpaired) electrons. The first-order chi connectivity index (χ1) is 12.4. The molecule has 0 fully saturated rings. The summed E-state index contributed by atoms with van der Waals surface area (Å²) in [7, 11) is -2.43. The van der Waals surface area contributed by atoms with E-state index in [1.165, 1.54) is 13.2 Å². The minimum atomic E-state index is -4.54. The minimum Gasteiger partial charge on any atom is -0.496 e. The van der Waals surface area contributed by atoms with Crippen LogP contribution in [0, 0.1) is 5.92 Å². The highest BCUT2D eigenvalue weighted by Crippen LogP contribution is 2.41. The highest BCUT2D eigenvalue weighted by Gasteiger charge is 2.33. The van der Waals surface area contributed by atoms with Crippen LogP contribution in [0.2, 0.25) is 0 Å². The summed E-state index contributed by atoms with van der Waals surface area (Å²) in [4.78, 5) is 0. The summed E-state index contributed by atoms with van der Waals surface area (Å²) in [5, 5.41) is 5.21. The van der Waals surface area contributed by atoms with Gasteiger partial charge in [0.25, 0.3) is 0 Å². The summed E-state index contributed by atoms with van der Waals surface area (Å²) in [6.07, 6.45) is -4.54. The molecule has 0 aliphatic heterocycles. The lowest BCUT2D eigenvalue weighted by atomic mass is 9.83. The van der Waals surface area contributed by atoms with Crippen molar-refractivity contribution in [3.8, 4) is 16.9 Å². The average Bonchev–Trinajstić information content (AvgIpc) is 2.57. The van der Waals surface area contributed by atoms with Crippen molar-refractivity contribution in [1.82, 2.24) is 0 Å². The molecule has 0 aromatic heterocycles. The number of hydrogen-bond donors (Lipinski definition) is 1. The summed E-state index contributed by atoms with van der Waals surface area (Å²) in [5.74, 6) is -0.923. The molecule has 148 valence electrons. The number of halogens is 3. The molecule has 0 aliphatic rings. The van der Waals surface area contributed by atoms with Gasteiger partial charge in [-0.25, -0.2) is 13.6 Å². The third-order valence-corrected chi connectivity index (χ3v) is 5.22. The average molecular weight is 401 g/mol. The molecule has 8 heteroatoms. The van der Waals surface area contributed by atoms with E-state index in [4.69, 9.17) is 9.88 Å². The second-order valence-corrected chi connectivity index (χ2v) is 8.34. The van der Waals surface area contributed by atoms with Crippen LogP contribution in [0.15, 0.2) is 42.5 Å². The first kappa shape index (κ1) is 21.2. The molecular weight excluding hydrogens is 379 g/mol. The molecule has 1 atom stereocenters. The molecule has 0 saturated heterocycles. The van der Waals surface area contributed by atoms with E-state index in [1.807, 2.05) is 0 Å². The molecule has 2 rings (SSSR count). The number of hydrogen-bond acceptors (Lipinski definition) is 3. The maximum absolute atomic E-state index is 13.3. The molecule has 4 nitrogen and oxygen atoms in total. The fourth-order valence-corrected chi connectivity index (χ4v) is 4.11. The molecule has 0 heterocycles. The Morgan fingerprint density at radius 2 is 1.70 bits per heavy atom. The van der Waals surface area contributed by atoms with Crippen LogP contribution in [-0.4, -0.2) is 21.3 Å². The first-order valence-corrected chi connectivity index (χ1v) is 10.0. The predicted molar refractivity (Wildman–Crippen MR) is 99.0 cm³/mol. The molecule has 0 spiro atoms. The zero-order chi connectivity index (χ0) is 20.4. The van der Waals surface area contributed by atoms with E-state index in [1.54, 1.807) is 38.1 Å². The Morgan fingerprint density at radius 1 is 1.07 bits per heavy atom. The molecule has 2 aromatic rings. The number of methoxy groups -OCH3 is 1. The van der Waals surface area contributed by atoms with Gasteiger partial charge in [0.1, 0.15) is 5.75 Å². The van der Waals surface area contributed by atoms with E-state index in [9.17, 15) is 21.6 Å². The Hall–Kier alpha value is -2.06. The molecule has 2 aromatic carbocycles. The number of primary sulfonamides is 1. The standard InChI is InChI=1S/C19H22F3NO3S/c1-12(2)17(11-27(23,24)25)16-10-13(19(20,21)22)8-9-14(16)15-6-4-5-7-18(15)26-3/h4-10,12,17H,11H2,1-3H3,(H2,23,24,25). The van der Waals surface area contributed by atoms with Crippen LogP contribution in [0.5, 0.6) is 5.75 Å². The summed E-state index contributed by atoms with van der Waals surface area (Å²) in [6, 6.07) is 10.3. The van der Waals surface area contributed by atoms with Crippen LogP contribution in [0.1, 0.15) is 30.9 Å². The van der Waals surface area contributed by atoms with Gasteiger partial charge >= 0.3 is 6.18 Å². The van der Waals surface area contributed by atoms with Crippen molar-refractivity contribution >= 4 is 10.0 Å². The number of nitrogens with two attached hydrogens (primary N) is 1. The van der Waals surface area contributed by atoms with Crippen LogP contribution in [0.4, 0.5) is 13.2 Å². The fraction of sp³-hybridized carbons (Fsp3) is 0.368.